The Balaban J connectivity index is 3.32. The van der Waals surface area contributed by atoms with E-state index in [0.29, 0.717) is 16.4 Å². The third-order valence-electron chi connectivity index (χ3n) is 1.79. The molecule has 14 heavy (non-hydrogen) atoms. The Morgan fingerprint density at radius 1 is 1.50 bits per heavy atom. The molecule has 0 aliphatic rings. The van der Waals surface area contributed by atoms with Crippen LogP contribution in [-0.2, 0) is 0 Å². The Morgan fingerprint density at radius 3 is 2.43 bits per heavy atom. The lowest BCUT2D eigenvalue weighted by molar-refractivity contribution is 0.0697. The first-order valence-electron chi connectivity index (χ1n) is 3.93. The molecule has 0 spiro atoms. The topological polar surface area (TPSA) is 66.6 Å². The maximum atomic E-state index is 10.7. The van der Waals surface area contributed by atoms with Gasteiger partial charge in [0.2, 0.25) is 0 Å². The summed E-state index contributed by atoms with van der Waals surface area (Å²) in [6.07, 6.45) is 0. The van der Waals surface area contributed by atoms with Crippen molar-refractivity contribution in [3.05, 3.63) is 22.7 Å². The van der Waals surface area contributed by atoms with E-state index < -0.39 is 5.97 Å². The Morgan fingerprint density at radius 2 is 2.07 bits per heavy atom. The minimum atomic E-state index is -1.04. The van der Waals surface area contributed by atoms with Gasteiger partial charge in [-0.3, -0.25) is 0 Å². The zero-order valence-electron chi connectivity index (χ0n) is 7.91. The van der Waals surface area contributed by atoms with Crippen LogP contribution in [-0.4, -0.2) is 25.2 Å². The van der Waals surface area contributed by atoms with Crippen molar-refractivity contribution in [2.45, 2.75) is 0 Å². The van der Waals surface area contributed by atoms with Gasteiger partial charge in [-0.15, -0.1) is 0 Å². The minimum absolute atomic E-state index is 0.0955. The number of hydrogen-bond acceptors (Lipinski definition) is 3. The van der Waals surface area contributed by atoms with Crippen LogP contribution in [0.4, 0.5) is 11.4 Å². The Hall–Kier alpha value is -1.42. The number of rotatable bonds is 2. The van der Waals surface area contributed by atoms with Crippen LogP contribution < -0.4 is 10.6 Å². The van der Waals surface area contributed by atoms with E-state index in [4.69, 9.17) is 22.4 Å². The first kappa shape index (κ1) is 10.7. The lowest BCUT2D eigenvalue weighted by Gasteiger charge is -2.17. The number of hydrogen-bond donors (Lipinski definition) is 2. The summed E-state index contributed by atoms with van der Waals surface area (Å²) in [6, 6.07) is 2.78. The normalized spacial score (nSPS) is 9.93. The molecule has 0 amide bonds. The number of nitrogen functional groups attached to an aromatic ring is 1. The van der Waals surface area contributed by atoms with E-state index in [2.05, 4.69) is 0 Å². The summed E-state index contributed by atoms with van der Waals surface area (Å²) in [5.41, 5.74) is 6.76. The highest BCUT2D eigenvalue weighted by Crippen LogP contribution is 2.31. The van der Waals surface area contributed by atoms with E-state index in [9.17, 15) is 4.79 Å². The number of carbonyl (C=O) groups is 1. The lowest BCUT2D eigenvalue weighted by atomic mass is 10.1. The smallest absolute Gasteiger partial charge is 0.335 e. The molecule has 0 bridgehead atoms. The van der Waals surface area contributed by atoms with Crippen LogP contribution in [0.1, 0.15) is 10.4 Å². The summed E-state index contributed by atoms with van der Waals surface area (Å²) in [7, 11) is 3.58. The predicted octanol–water partition coefficient (Wildman–Crippen LogP) is 1.69. The van der Waals surface area contributed by atoms with Crippen molar-refractivity contribution in [1.29, 1.82) is 0 Å². The van der Waals surface area contributed by atoms with Crippen LogP contribution in [0.5, 0.6) is 0 Å². The molecule has 1 aromatic rings. The number of halogens is 1. The second-order valence-electron chi connectivity index (χ2n) is 3.10. The molecule has 0 saturated heterocycles. The van der Waals surface area contributed by atoms with Gasteiger partial charge in [-0.1, -0.05) is 11.6 Å². The summed E-state index contributed by atoms with van der Waals surface area (Å²) in [5, 5.41) is 9.08. The van der Waals surface area contributed by atoms with Crippen molar-refractivity contribution >= 4 is 28.9 Å². The highest BCUT2D eigenvalue weighted by molar-refractivity contribution is 6.34. The molecule has 3 N–H and O–H groups in total. The first-order valence-corrected chi connectivity index (χ1v) is 4.31. The maximum Gasteiger partial charge on any atom is 0.335 e. The number of aromatic carboxylic acids is 1. The molecule has 0 aromatic heterocycles. The zero-order chi connectivity index (χ0) is 10.9. The van der Waals surface area contributed by atoms with Crippen molar-refractivity contribution in [3.8, 4) is 0 Å². The van der Waals surface area contributed by atoms with Gasteiger partial charge in [-0.2, -0.15) is 0 Å². The summed E-state index contributed by atoms with van der Waals surface area (Å²) < 4.78 is 0. The van der Waals surface area contributed by atoms with Crippen LogP contribution in [0.25, 0.3) is 0 Å². The lowest BCUT2D eigenvalue weighted by Crippen LogP contribution is -2.12. The number of benzene rings is 1. The Kier molecular flexibility index (Phi) is 2.86. The van der Waals surface area contributed by atoms with Gasteiger partial charge in [0, 0.05) is 14.1 Å². The van der Waals surface area contributed by atoms with Crippen LogP contribution in [0.2, 0.25) is 5.02 Å². The molecule has 76 valence electrons. The van der Waals surface area contributed by atoms with Gasteiger partial charge >= 0.3 is 5.97 Å². The quantitative estimate of drug-likeness (QED) is 0.736. The van der Waals surface area contributed by atoms with Crippen LogP contribution >= 0.6 is 11.6 Å². The van der Waals surface area contributed by atoms with Crippen LogP contribution in [0, 0.1) is 0 Å². The van der Waals surface area contributed by atoms with Crippen LogP contribution in [0.15, 0.2) is 12.1 Å². The minimum Gasteiger partial charge on any atom is -0.478 e. The van der Waals surface area contributed by atoms with Crippen molar-refractivity contribution < 1.29 is 9.90 Å². The van der Waals surface area contributed by atoms with Crippen molar-refractivity contribution in [2.75, 3.05) is 24.7 Å². The molecule has 5 heteroatoms. The molecule has 0 aliphatic carbocycles. The maximum absolute atomic E-state index is 10.7. The van der Waals surface area contributed by atoms with E-state index >= 15 is 0 Å². The highest BCUT2D eigenvalue weighted by atomic mass is 35.5. The van der Waals surface area contributed by atoms with Gasteiger partial charge < -0.3 is 15.7 Å². The fourth-order valence-electron chi connectivity index (χ4n) is 1.22. The van der Waals surface area contributed by atoms with Crippen molar-refractivity contribution in [1.82, 2.24) is 0 Å². The number of nitrogens with zero attached hydrogens (tertiary/aromatic N) is 1. The van der Waals surface area contributed by atoms with Crippen LogP contribution in [0.3, 0.4) is 0 Å². The fourth-order valence-corrected chi connectivity index (χ4v) is 1.61. The van der Waals surface area contributed by atoms with Crippen molar-refractivity contribution in [2.24, 2.45) is 0 Å². The summed E-state index contributed by atoms with van der Waals surface area (Å²) in [5.74, 6) is -1.04. The van der Waals surface area contributed by atoms with Gasteiger partial charge in [0.05, 0.1) is 22.0 Å². The molecule has 0 unspecified atom stereocenters. The van der Waals surface area contributed by atoms with Gasteiger partial charge in [-0.25, -0.2) is 4.79 Å². The average Bonchev–Trinajstić information content (AvgIpc) is 2.01. The molecule has 4 nitrogen and oxygen atoms in total. The number of carboxylic acids is 1. The van der Waals surface area contributed by atoms with Gasteiger partial charge in [0.1, 0.15) is 0 Å². The van der Waals surface area contributed by atoms with Gasteiger partial charge in [0.25, 0.3) is 0 Å². The number of nitrogens with two attached hydrogens (primary N) is 1. The monoisotopic (exact) mass is 214 g/mol. The molecule has 0 fully saturated rings. The molecule has 1 aromatic carbocycles. The van der Waals surface area contributed by atoms with E-state index in [1.807, 2.05) is 0 Å². The zero-order valence-corrected chi connectivity index (χ0v) is 8.67. The predicted molar refractivity (Wildman–Crippen MR) is 57.2 cm³/mol. The molecule has 0 atom stereocenters. The summed E-state index contributed by atoms with van der Waals surface area (Å²) in [6.45, 7) is 0. The van der Waals surface area contributed by atoms with E-state index in [-0.39, 0.29) is 5.56 Å². The standard InChI is InChI=1S/C9H11ClN2O2/c1-12(2)8-6(10)3-5(9(13)14)4-7(8)11/h3-4H,11H2,1-2H3,(H,13,14). The molecule has 1 rings (SSSR count). The number of carboxylic acid groups (broad SMARTS) is 1. The third-order valence-corrected chi connectivity index (χ3v) is 2.08. The Labute approximate surface area is 86.9 Å². The molecule has 0 aliphatic heterocycles. The SMILES string of the molecule is CN(C)c1c(N)cc(C(=O)O)cc1Cl. The fraction of sp³-hybridized carbons (Fsp3) is 0.222. The van der Waals surface area contributed by atoms with Crippen molar-refractivity contribution in [3.63, 3.8) is 0 Å². The Bertz CT molecular complexity index is 354. The number of anilines is 2. The first-order chi connectivity index (χ1) is 6.43. The van der Waals surface area contributed by atoms with E-state index in [0.717, 1.165) is 0 Å². The largest absolute Gasteiger partial charge is 0.478 e. The highest BCUT2D eigenvalue weighted by Gasteiger charge is 2.12. The van der Waals surface area contributed by atoms with E-state index in [1.54, 1.807) is 19.0 Å². The average molecular weight is 215 g/mol. The molecule has 0 heterocycles. The third kappa shape index (κ3) is 1.90. The molecular weight excluding hydrogens is 204 g/mol. The van der Waals surface area contributed by atoms with Gasteiger partial charge in [-0.05, 0) is 12.1 Å². The second kappa shape index (κ2) is 3.75. The molecular formula is C9H11ClN2O2. The van der Waals surface area contributed by atoms with Gasteiger partial charge in [0.15, 0.2) is 0 Å². The summed E-state index contributed by atoms with van der Waals surface area (Å²) >= 11 is 5.89. The van der Waals surface area contributed by atoms with E-state index in [1.165, 1.54) is 12.1 Å². The second-order valence-corrected chi connectivity index (χ2v) is 3.50. The summed E-state index contributed by atoms with van der Waals surface area (Å²) in [4.78, 5) is 12.4. The molecule has 0 radical (unpaired) electrons. The molecule has 0 saturated carbocycles.